The van der Waals surface area contributed by atoms with Gasteiger partial charge in [0.25, 0.3) is 0 Å². The Kier molecular flexibility index (Phi) is 4.51. The lowest BCUT2D eigenvalue weighted by atomic mass is 10.2. The normalized spacial score (nSPS) is 18.9. The van der Waals surface area contributed by atoms with Gasteiger partial charge in [0.1, 0.15) is 4.90 Å². The molecule has 1 saturated heterocycles. The molecule has 7 heteroatoms. The number of hydrogen-bond donors (Lipinski definition) is 1. The third-order valence-corrected chi connectivity index (χ3v) is 5.78. The standard InChI is InChI=1S/C13H24N4O2S/c1-10(2)9-16-5-7-17(8-6-16)20(18,19)13-11(3)14-15-12(13)4/h10H,5-9H2,1-4H3,(H,14,15). The zero-order valence-electron chi connectivity index (χ0n) is 12.7. The van der Waals surface area contributed by atoms with E-state index in [1.54, 1.807) is 18.2 Å². The zero-order chi connectivity index (χ0) is 14.9. The predicted octanol–water partition coefficient (Wildman–Crippen LogP) is 0.989. The summed E-state index contributed by atoms with van der Waals surface area (Å²) in [5.74, 6) is 0.608. The van der Waals surface area contributed by atoms with Crippen LogP contribution in [0, 0.1) is 19.8 Å². The summed E-state index contributed by atoms with van der Waals surface area (Å²) in [5.41, 5.74) is 1.17. The molecule has 0 aliphatic carbocycles. The molecule has 0 radical (unpaired) electrons. The number of aromatic amines is 1. The minimum Gasteiger partial charge on any atom is -0.300 e. The van der Waals surface area contributed by atoms with Gasteiger partial charge in [-0.15, -0.1) is 0 Å². The highest BCUT2D eigenvalue weighted by Crippen LogP contribution is 2.22. The number of aromatic nitrogens is 2. The van der Waals surface area contributed by atoms with Crippen molar-refractivity contribution in [3.8, 4) is 0 Å². The fourth-order valence-electron chi connectivity index (χ4n) is 2.72. The first-order valence-electron chi connectivity index (χ1n) is 7.06. The van der Waals surface area contributed by atoms with Crippen molar-refractivity contribution < 1.29 is 8.42 Å². The van der Waals surface area contributed by atoms with Gasteiger partial charge in [-0.05, 0) is 19.8 Å². The second-order valence-electron chi connectivity index (χ2n) is 5.86. The summed E-state index contributed by atoms with van der Waals surface area (Å²) in [7, 11) is -3.42. The molecule has 0 bridgehead atoms. The quantitative estimate of drug-likeness (QED) is 0.900. The van der Waals surface area contributed by atoms with E-state index in [1.807, 2.05) is 0 Å². The molecule has 0 saturated carbocycles. The van der Waals surface area contributed by atoms with Crippen LogP contribution in [0.2, 0.25) is 0 Å². The molecule has 0 spiro atoms. The molecular weight excluding hydrogens is 276 g/mol. The highest BCUT2D eigenvalue weighted by atomic mass is 32.2. The lowest BCUT2D eigenvalue weighted by molar-refractivity contribution is 0.172. The smallest absolute Gasteiger partial charge is 0.246 e. The van der Waals surface area contributed by atoms with E-state index >= 15 is 0 Å². The molecule has 20 heavy (non-hydrogen) atoms. The number of piperazine rings is 1. The molecular formula is C13H24N4O2S. The Bertz CT molecular complexity index is 537. The number of hydrogen-bond acceptors (Lipinski definition) is 4. The Balaban J connectivity index is 2.10. The van der Waals surface area contributed by atoms with Crippen molar-refractivity contribution in [1.29, 1.82) is 0 Å². The molecule has 0 atom stereocenters. The monoisotopic (exact) mass is 300 g/mol. The van der Waals surface area contributed by atoms with Crippen LogP contribution >= 0.6 is 0 Å². The van der Waals surface area contributed by atoms with Crippen molar-refractivity contribution in [2.45, 2.75) is 32.6 Å². The Morgan fingerprint density at radius 1 is 1.20 bits per heavy atom. The zero-order valence-corrected chi connectivity index (χ0v) is 13.5. The van der Waals surface area contributed by atoms with Gasteiger partial charge in [0.15, 0.2) is 0 Å². The van der Waals surface area contributed by atoms with E-state index in [0.717, 1.165) is 19.6 Å². The Hall–Kier alpha value is -0.920. The third-order valence-electron chi connectivity index (χ3n) is 3.61. The van der Waals surface area contributed by atoms with Crippen LogP contribution < -0.4 is 0 Å². The summed E-state index contributed by atoms with van der Waals surface area (Å²) < 4.78 is 26.9. The van der Waals surface area contributed by atoms with Crippen LogP contribution in [0.4, 0.5) is 0 Å². The molecule has 1 N–H and O–H groups in total. The fourth-order valence-corrected chi connectivity index (χ4v) is 4.47. The molecule has 1 aliphatic heterocycles. The van der Waals surface area contributed by atoms with Crippen LogP contribution in [0.1, 0.15) is 25.2 Å². The molecule has 1 aromatic rings. The molecule has 114 valence electrons. The summed E-state index contributed by atoms with van der Waals surface area (Å²) in [4.78, 5) is 2.67. The Labute approximate surface area is 121 Å². The van der Waals surface area contributed by atoms with E-state index in [2.05, 4.69) is 28.9 Å². The van der Waals surface area contributed by atoms with Crippen LogP contribution in [0.25, 0.3) is 0 Å². The van der Waals surface area contributed by atoms with Crippen molar-refractivity contribution in [2.24, 2.45) is 5.92 Å². The summed E-state index contributed by atoms with van der Waals surface area (Å²) >= 11 is 0. The van der Waals surface area contributed by atoms with Crippen LogP contribution in [0.3, 0.4) is 0 Å². The van der Waals surface area contributed by atoms with Gasteiger partial charge < -0.3 is 4.90 Å². The molecule has 0 unspecified atom stereocenters. The second-order valence-corrected chi connectivity index (χ2v) is 7.74. The largest absolute Gasteiger partial charge is 0.300 e. The van der Waals surface area contributed by atoms with Crippen molar-refractivity contribution in [1.82, 2.24) is 19.4 Å². The van der Waals surface area contributed by atoms with Crippen LogP contribution in [0.5, 0.6) is 0 Å². The minimum atomic E-state index is -3.42. The molecule has 2 heterocycles. The lowest BCUT2D eigenvalue weighted by Gasteiger charge is -2.34. The maximum Gasteiger partial charge on any atom is 0.246 e. The van der Waals surface area contributed by atoms with Gasteiger partial charge in [0.2, 0.25) is 10.0 Å². The van der Waals surface area contributed by atoms with Crippen molar-refractivity contribution in [3.63, 3.8) is 0 Å². The number of rotatable bonds is 4. The van der Waals surface area contributed by atoms with E-state index in [4.69, 9.17) is 0 Å². The lowest BCUT2D eigenvalue weighted by Crippen LogP contribution is -2.49. The van der Waals surface area contributed by atoms with E-state index in [9.17, 15) is 8.42 Å². The number of nitrogens with one attached hydrogen (secondary N) is 1. The van der Waals surface area contributed by atoms with E-state index < -0.39 is 10.0 Å². The molecule has 6 nitrogen and oxygen atoms in total. The number of aryl methyl sites for hydroxylation is 2. The average Bonchev–Trinajstić information content (AvgIpc) is 2.69. The van der Waals surface area contributed by atoms with E-state index in [1.165, 1.54) is 0 Å². The van der Waals surface area contributed by atoms with Crippen molar-refractivity contribution in [3.05, 3.63) is 11.4 Å². The topological polar surface area (TPSA) is 69.3 Å². The summed E-state index contributed by atoms with van der Waals surface area (Å²) in [6.07, 6.45) is 0. The van der Waals surface area contributed by atoms with Crippen molar-refractivity contribution in [2.75, 3.05) is 32.7 Å². The van der Waals surface area contributed by atoms with Gasteiger partial charge >= 0.3 is 0 Å². The average molecular weight is 300 g/mol. The Morgan fingerprint density at radius 2 is 1.80 bits per heavy atom. The van der Waals surface area contributed by atoms with Crippen molar-refractivity contribution >= 4 is 10.0 Å². The third kappa shape index (κ3) is 3.05. The highest BCUT2D eigenvalue weighted by molar-refractivity contribution is 7.89. The van der Waals surface area contributed by atoms with Crippen LogP contribution in [0.15, 0.2) is 4.90 Å². The Morgan fingerprint density at radius 3 is 2.25 bits per heavy atom. The van der Waals surface area contributed by atoms with Crippen LogP contribution in [-0.2, 0) is 10.0 Å². The maximum atomic E-state index is 12.7. The number of sulfonamides is 1. The first-order valence-corrected chi connectivity index (χ1v) is 8.50. The van der Waals surface area contributed by atoms with Gasteiger partial charge in [0.05, 0.1) is 11.4 Å². The minimum absolute atomic E-state index is 0.342. The molecule has 1 aliphatic rings. The molecule has 0 aromatic carbocycles. The molecule has 2 rings (SSSR count). The van der Waals surface area contributed by atoms with Gasteiger partial charge in [-0.3, -0.25) is 5.10 Å². The van der Waals surface area contributed by atoms with Gasteiger partial charge in [0, 0.05) is 32.7 Å². The van der Waals surface area contributed by atoms with E-state index in [0.29, 0.717) is 35.3 Å². The molecule has 1 fully saturated rings. The number of nitrogens with zero attached hydrogens (tertiary/aromatic N) is 3. The summed E-state index contributed by atoms with van der Waals surface area (Å²) in [5, 5.41) is 6.74. The van der Waals surface area contributed by atoms with E-state index in [-0.39, 0.29) is 0 Å². The SMILES string of the molecule is Cc1n[nH]c(C)c1S(=O)(=O)N1CCN(CC(C)C)CC1. The first-order chi connectivity index (χ1) is 9.32. The predicted molar refractivity (Wildman–Crippen MR) is 78.1 cm³/mol. The maximum absolute atomic E-state index is 12.7. The van der Waals surface area contributed by atoms with Gasteiger partial charge in [-0.25, -0.2) is 8.42 Å². The van der Waals surface area contributed by atoms with Crippen LogP contribution in [-0.4, -0.2) is 60.5 Å². The highest BCUT2D eigenvalue weighted by Gasteiger charge is 2.32. The van der Waals surface area contributed by atoms with Gasteiger partial charge in [-0.2, -0.15) is 9.40 Å². The fraction of sp³-hybridized carbons (Fsp3) is 0.769. The number of H-pyrrole nitrogens is 1. The second kappa shape index (κ2) is 5.83. The molecule has 0 amide bonds. The molecule has 1 aromatic heterocycles. The first kappa shape index (κ1) is 15.5. The summed E-state index contributed by atoms with van der Waals surface area (Å²) in [6.45, 7) is 11.6. The summed E-state index contributed by atoms with van der Waals surface area (Å²) in [6, 6.07) is 0. The van der Waals surface area contributed by atoms with Gasteiger partial charge in [-0.1, -0.05) is 13.8 Å².